The molecule has 0 amide bonds. The van der Waals surface area contributed by atoms with Crippen molar-refractivity contribution in [1.29, 1.82) is 0 Å². The molecule has 2 aromatic rings. The van der Waals surface area contributed by atoms with Gasteiger partial charge in [0.05, 0.1) is 7.11 Å². The largest absolute Gasteiger partial charge is 0.497 e. The van der Waals surface area contributed by atoms with Crippen molar-refractivity contribution in [2.75, 3.05) is 37.0 Å². The van der Waals surface area contributed by atoms with Crippen molar-refractivity contribution in [3.8, 4) is 5.75 Å². The number of anilines is 2. The minimum Gasteiger partial charge on any atom is -0.497 e. The number of guanidine groups is 1. The molecule has 1 saturated heterocycles. The number of rotatable bonds is 5. The molecule has 0 aliphatic carbocycles. The highest BCUT2D eigenvalue weighted by Crippen LogP contribution is 2.25. The molecule has 1 aliphatic rings. The lowest BCUT2D eigenvalue weighted by molar-refractivity contribution is 0.415. The second kappa shape index (κ2) is 9.72. The van der Waals surface area contributed by atoms with Gasteiger partial charge in [0.1, 0.15) is 5.75 Å². The number of aliphatic imine (C=N–C) groups is 1. The van der Waals surface area contributed by atoms with E-state index < -0.39 is 11.6 Å². The zero-order valence-corrected chi connectivity index (χ0v) is 17.3. The Hall–Kier alpha value is -2.10. The van der Waals surface area contributed by atoms with E-state index in [1.165, 1.54) is 6.07 Å². The maximum atomic E-state index is 13.4. The number of nitrogens with two attached hydrogens (primary N) is 1. The monoisotopic (exact) mass is 488 g/mol. The third kappa shape index (κ3) is 5.69. The van der Waals surface area contributed by atoms with Gasteiger partial charge >= 0.3 is 0 Å². The molecule has 0 radical (unpaired) electrons. The first-order valence-corrected chi connectivity index (χ1v) is 8.46. The van der Waals surface area contributed by atoms with Crippen molar-refractivity contribution in [3.63, 3.8) is 0 Å². The summed E-state index contributed by atoms with van der Waals surface area (Å²) in [6.45, 7) is 2.10. The molecular formula is C19H23F2IN4O. The zero-order valence-electron chi connectivity index (χ0n) is 15.0. The van der Waals surface area contributed by atoms with Gasteiger partial charge in [-0.1, -0.05) is 6.07 Å². The van der Waals surface area contributed by atoms with Crippen LogP contribution in [-0.4, -0.2) is 32.7 Å². The minimum atomic E-state index is -0.828. The molecule has 146 valence electrons. The van der Waals surface area contributed by atoms with E-state index in [2.05, 4.69) is 10.3 Å². The number of nitrogens with zero attached hydrogens (tertiary/aromatic N) is 2. The van der Waals surface area contributed by atoms with Crippen LogP contribution in [0.5, 0.6) is 5.75 Å². The minimum absolute atomic E-state index is 0. The van der Waals surface area contributed by atoms with E-state index in [9.17, 15) is 8.78 Å². The molecular weight excluding hydrogens is 465 g/mol. The van der Waals surface area contributed by atoms with Crippen molar-refractivity contribution in [3.05, 3.63) is 54.1 Å². The number of halogens is 3. The highest BCUT2D eigenvalue weighted by Gasteiger charge is 2.23. The van der Waals surface area contributed by atoms with Crippen LogP contribution in [0.25, 0.3) is 0 Å². The lowest BCUT2D eigenvalue weighted by atomic mass is 10.1. The van der Waals surface area contributed by atoms with Crippen LogP contribution < -0.4 is 20.7 Å². The van der Waals surface area contributed by atoms with Gasteiger partial charge in [0.25, 0.3) is 0 Å². The molecule has 0 aromatic heterocycles. The van der Waals surface area contributed by atoms with E-state index in [0.717, 1.165) is 37.0 Å². The zero-order chi connectivity index (χ0) is 18.5. The van der Waals surface area contributed by atoms with Crippen LogP contribution >= 0.6 is 24.0 Å². The van der Waals surface area contributed by atoms with Gasteiger partial charge in [-0.25, -0.2) is 8.78 Å². The first-order chi connectivity index (χ1) is 12.5. The SMILES string of the molecule is COc1cccc(NC(N)=NCC2CCN(c3ccc(F)c(F)c3)C2)c1.I. The van der Waals surface area contributed by atoms with Crippen LogP contribution in [0.4, 0.5) is 20.2 Å². The number of ether oxygens (including phenoxy) is 1. The van der Waals surface area contributed by atoms with Crippen LogP contribution in [-0.2, 0) is 0 Å². The molecule has 0 spiro atoms. The summed E-state index contributed by atoms with van der Waals surface area (Å²) >= 11 is 0. The van der Waals surface area contributed by atoms with Gasteiger partial charge in [-0.2, -0.15) is 0 Å². The number of benzene rings is 2. The summed E-state index contributed by atoms with van der Waals surface area (Å²) in [5.74, 6) is -0.264. The quantitative estimate of drug-likeness (QED) is 0.382. The molecule has 1 fully saturated rings. The molecule has 0 saturated carbocycles. The van der Waals surface area contributed by atoms with Crippen molar-refractivity contribution in [2.24, 2.45) is 16.6 Å². The van der Waals surface area contributed by atoms with Gasteiger partial charge in [-0.15, -0.1) is 24.0 Å². The smallest absolute Gasteiger partial charge is 0.193 e. The molecule has 1 heterocycles. The maximum absolute atomic E-state index is 13.4. The molecule has 3 N–H and O–H groups in total. The van der Waals surface area contributed by atoms with Crippen molar-refractivity contribution < 1.29 is 13.5 Å². The van der Waals surface area contributed by atoms with Crippen LogP contribution in [0.1, 0.15) is 6.42 Å². The van der Waals surface area contributed by atoms with Gasteiger partial charge in [0, 0.05) is 43.1 Å². The highest BCUT2D eigenvalue weighted by atomic mass is 127. The van der Waals surface area contributed by atoms with E-state index >= 15 is 0 Å². The van der Waals surface area contributed by atoms with Crippen LogP contribution in [0.15, 0.2) is 47.5 Å². The van der Waals surface area contributed by atoms with Crippen molar-refractivity contribution >= 4 is 41.3 Å². The van der Waals surface area contributed by atoms with Gasteiger partial charge < -0.3 is 20.7 Å². The lowest BCUT2D eigenvalue weighted by Crippen LogP contribution is -2.25. The van der Waals surface area contributed by atoms with Gasteiger partial charge in [-0.3, -0.25) is 4.99 Å². The van der Waals surface area contributed by atoms with E-state index in [-0.39, 0.29) is 24.0 Å². The normalized spacial score (nSPS) is 16.8. The maximum Gasteiger partial charge on any atom is 0.193 e. The Morgan fingerprint density at radius 3 is 2.81 bits per heavy atom. The van der Waals surface area contributed by atoms with Crippen LogP contribution in [0.3, 0.4) is 0 Å². The number of nitrogens with one attached hydrogen (secondary N) is 1. The average molecular weight is 488 g/mol. The first kappa shape index (κ1) is 21.2. The predicted octanol–water partition coefficient (Wildman–Crippen LogP) is 3.84. The molecule has 1 atom stereocenters. The third-order valence-electron chi connectivity index (χ3n) is 4.42. The average Bonchev–Trinajstić information content (AvgIpc) is 3.11. The fraction of sp³-hybridized carbons (Fsp3) is 0.316. The van der Waals surface area contributed by atoms with Gasteiger partial charge in [0.2, 0.25) is 0 Å². The van der Waals surface area contributed by atoms with Gasteiger partial charge in [0.15, 0.2) is 17.6 Å². The first-order valence-electron chi connectivity index (χ1n) is 8.46. The lowest BCUT2D eigenvalue weighted by Gasteiger charge is -2.18. The molecule has 1 unspecified atom stereocenters. The van der Waals surface area contributed by atoms with E-state index in [1.54, 1.807) is 13.2 Å². The van der Waals surface area contributed by atoms with Crippen LogP contribution in [0.2, 0.25) is 0 Å². The molecule has 8 heteroatoms. The topological polar surface area (TPSA) is 62.9 Å². The second-order valence-corrected chi connectivity index (χ2v) is 6.28. The third-order valence-corrected chi connectivity index (χ3v) is 4.42. The highest BCUT2D eigenvalue weighted by molar-refractivity contribution is 14.0. The van der Waals surface area contributed by atoms with Crippen molar-refractivity contribution in [1.82, 2.24) is 0 Å². The summed E-state index contributed by atoms with van der Waals surface area (Å²) in [5, 5.41) is 3.04. The Labute approximate surface area is 174 Å². The summed E-state index contributed by atoms with van der Waals surface area (Å²) in [6, 6.07) is 11.4. The van der Waals surface area contributed by atoms with E-state index in [4.69, 9.17) is 10.5 Å². The molecule has 2 aromatic carbocycles. The fourth-order valence-electron chi connectivity index (χ4n) is 3.01. The molecule has 5 nitrogen and oxygen atoms in total. The van der Waals surface area contributed by atoms with Crippen molar-refractivity contribution in [2.45, 2.75) is 6.42 Å². The number of hydrogen-bond acceptors (Lipinski definition) is 3. The Balaban J connectivity index is 0.00000261. The predicted molar refractivity (Wildman–Crippen MR) is 115 cm³/mol. The van der Waals surface area contributed by atoms with Crippen LogP contribution in [0, 0.1) is 17.6 Å². The summed E-state index contributed by atoms with van der Waals surface area (Å²) in [6.07, 6.45) is 0.926. The fourth-order valence-corrected chi connectivity index (χ4v) is 3.01. The summed E-state index contributed by atoms with van der Waals surface area (Å²) in [4.78, 5) is 6.43. The summed E-state index contributed by atoms with van der Waals surface area (Å²) < 4.78 is 31.6. The molecule has 1 aliphatic heterocycles. The second-order valence-electron chi connectivity index (χ2n) is 6.28. The molecule has 0 bridgehead atoms. The molecule has 3 rings (SSSR count). The van der Waals surface area contributed by atoms with Gasteiger partial charge in [-0.05, 0) is 36.6 Å². The Bertz CT molecular complexity index is 803. The summed E-state index contributed by atoms with van der Waals surface area (Å²) in [5.41, 5.74) is 7.45. The molecule has 27 heavy (non-hydrogen) atoms. The van der Waals surface area contributed by atoms with E-state index in [1.807, 2.05) is 29.2 Å². The Kier molecular flexibility index (Phi) is 7.64. The standard InChI is InChI=1S/C19H22F2N4O.HI/c1-26-16-4-2-3-14(9-16)24-19(22)23-11-13-7-8-25(12-13)15-5-6-17(20)18(21)10-15;/h2-6,9-10,13H,7-8,11-12H2,1H3,(H3,22,23,24);1H. The Morgan fingerprint density at radius 2 is 2.07 bits per heavy atom. The Morgan fingerprint density at radius 1 is 1.26 bits per heavy atom. The van der Waals surface area contributed by atoms with E-state index in [0.29, 0.717) is 24.1 Å². The number of hydrogen-bond donors (Lipinski definition) is 2. The summed E-state index contributed by atoms with van der Waals surface area (Å²) in [7, 11) is 1.61. The number of methoxy groups -OCH3 is 1.